The summed E-state index contributed by atoms with van der Waals surface area (Å²) in [4.78, 5) is 9.86. The summed E-state index contributed by atoms with van der Waals surface area (Å²) >= 11 is 1.64. The number of nitrogens with one attached hydrogen (secondary N) is 1. The maximum Gasteiger partial charge on any atom is 0.214 e. The smallest absolute Gasteiger partial charge is 0.214 e. The van der Waals surface area contributed by atoms with Crippen LogP contribution >= 0.6 is 11.3 Å². The van der Waals surface area contributed by atoms with Crippen molar-refractivity contribution < 1.29 is 8.78 Å². The third-order valence-electron chi connectivity index (χ3n) is 4.08. The van der Waals surface area contributed by atoms with Crippen molar-refractivity contribution >= 4 is 17.2 Å². The number of thiazole rings is 1. The van der Waals surface area contributed by atoms with Gasteiger partial charge < -0.3 is 5.32 Å². The molecule has 3 aromatic rings. The number of fused-ring (bicyclic) bond motifs is 1. The molecule has 4 rings (SSSR count). The van der Waals surface area contributed by atoms with E-state index in [-0.39, 0.29) is 11.9 Å². The molecule has 1 aromatic carbocycles. The Hall–Kier alpha value is -2.34. The largest absolute Gasteiger partial charge is 0.362 e. The molecule has 0 saturated heterocycles. The topological polar surface area (TPSA) is 37.8 Å². The molecule has 3 nitrogen and oxygen atoms in total. The molecule has 0 fully saturated rings. The Morgan fingerprint density at radius 2 is 1.88 bits per heavy atom. The number of aromatic nitrogens is 2. The van der Waals surface area contributed by atoms with Gasteiger partial charge in [-0.3, -0.25) is 0 Å². The molecule has 2 heterocycles. The molecule has 0 saturated carbocycles. The van der Waals surface area contributed by atoms with E-state index in [1.807, 2.05) is 0 Å². The van der Waals surface area contributed by atoms with E-state index in [4.69, 9.17) is 4.98 Å². The first-order chi connectivity index (χ1) is 11.7. The molecule has 1 aliphatic rings. The maximum absolute atomic E-state index is 13.3. The number of benzene rings is 1. The van der Waals surface area contributed by atoms with Crippen molar-refractivity contribution in [3.05, 3.63) is 64.8 Å². The van der Waals surface area contributed by atoms with Gasteiger partial charge in [-0.2, -0.15) is 4.39 Å². The zero-order valence-electron chi connectivity index (χ0n) is 12.8. The van der Waals surface area contributed by atoms with Crippen LogP contribution in [0.5, 0.6) is 0 Å². The minimum atomic E-state index is -0.499. The number of aryl methyl sites for hydroxylation is 1. The molecule has 6 heteroatoms. The van der Waals surface area contributed by atoms with E-state index in [1.165, 1.54) is 23.1 Å². The van der Waals surface area contributed by atoms with Crippen LogP contribution in [0, 0.1) is 11.8 Å². The van der Waals surface area contributed by atoms with Gasteiger partial charge in [-0.15, -0.1) is 11.3 Å². The average Bonchev–Trinajstić information content (AvgIpc) is 3.01. The van der Waals surface area contributed by atoms with Gasteiger partial charge in [-0.25, -0.2) is 14.4 Å². The van der Waals surface area contributed by atoms with Crippen LogP contribution in [0.25, 0.3) is 10.6 Å². The highest BCUT2D eigenvalue weighted by Gasteiger charge is 2.25. The van der Waals surface area contributed by atoms with Crippen molar-refractivity contribution in [1.29, 1.82) is 0 Å². The van der Waals surface area contributed by atoms with Crippen molar-refractivity contribution in [2.75, 3.05) is 5.32 Å². The van der Waals surface area contributed by atoms with Crippen molar-refractivity contribution in [3.63, 3.8) is 0 Å². The highest BCUT2D eigenvalue weighted by Crippen LogP contribution is 2.38. The Labute approximate surface area is 142 Å². The molecule has 24 heavy (non-hydrogen) atoms. The molecule has 0 bridgehead atoms. The van der Waals surface area contributed by atoms with Crippen molar-refractivity contribution in [3.8, 4) is 10.6 Å². The van der Waals surface area contributed by atoms with Crippen LogP contribution in [0.1, 0.15) is 29.5 Å². The number of hydrogen-bond donors (Lipinski definition) is 1. The van der Waals surface area contributed by atoms with Crippen LogP contribution in [0.15, 0.2) is 42.5 Å². The fourth-order valence-electron chi connectivity index (χ4n) is 2.94. The number of anilines is 1. The normalized spacial score (nSPS) is 16.7. The lowest BCUT2D eigenvalue weighted by molar-refractivity contribution is 0.572. The van der Waals surface area contributed by atoms with Crippen molar-refractivity contribution in [2.24, 2.45) is 0 Å². The molecular weight excluding hydrogens is 328 g/mol. The number of hydrogen-bond acceptors (Lipinski definition) is 4. The number of rotatable bonds is 3. The lowest BCUT2D eigenvalue weighted by Crippen LogP contribution is -2.17. The minimum absolute atomic E-state index is 0.0218. The zero-order chi connectivity index (χ0) is 16.5. The van der Waals surface area contributed by atoms with Gasteiger partial charge in [0.15, 0.2) is 0 Å². The third-order valence-corrected chi connectivity index (χ3v) is 5.26. The summed E-state index contributed by atoms with van der Waals surface area (Å²) in [5.74, 6) is -0.234. The summed E-state index contributed by atoms with van der Waals surface area (Å²) < 4.78 is 26.4. The van der Waals surface area contributed by atoms with Gasteiger partial charge in [-0.1, -0.05) is 6.07 Å². The molecule has 0 amide bonds. The van der Waals surface area contributed by atoms with Crippen LogP contribution in [0.3, 0.4) is 0 Å². The molecule has 122 valence electrons. The Morgan fingerprint density at radius 1 is 1.04 bits per heavy atom. The summed E-state index contributed by atoms with van der Waals surface area (Å²) in [7, 11) is 0. The average molecular weight is 343 g/mol. The van der Waals surface area contributed by atoms with Gasteiger partial charge >= 0.3 is 0 Å². The zero-order valence-corrected chi connectivity index (χ0v) is 13.6. The fourth-order valence-corrected chi connectivity index (χ4v) is 4.11. The Morgan fingerprint density at radius 3 is 2.67 bits per heavy atom. The highest BCUT2D eigenvalue weighted by molar-refractivity contribution is 7.15. The van der Waals surface area contributed by atoms with Crippen molar-refractivity contribution in [2.45, 2.75) is 25.3 Å². The molecule has 0 spiro atoms. The predicted molar refractivity (Wildman–Crippen MR) is 91.0 cm³/mol. The SMILES string of the molecule is Fc1ccc(-c2nc3c(s2)CCCC3Nc2cccc(F)n2)cc1. The first-order valence-electron chi connectivity index (χ1n) is 7.84. The number of pyridine rings is 1. The van der Waals surface area contributed by atoms with E-state index in [1.54, 1.807) is 35.6 Å². The summed E-state index contributed by atoms with van der Waals surface area (Å²) in [6.45, 7) is 0. The standard InChI is InChI=1S/C18H15F2N3S/c19-12-9-7-11(8-10-12)18-23-17-13(3-1-4-14(17)24-18)21-16-6-2-5-15(20)22-16/h2,5-10,13H,1,3-4H2,(H,21,22). The Balaban J connectivity index is 1.64. The van der Waals surface area contributed by atoms with Crippen LogP contribution in [0.4, 0.5) is 14.6 Å². The maximum atomic E-state index is 13.3. The second-order valence-corrected chi connectivity index (χ2v) is 6.85. The van der Waals surface area contributed by atoms with E-state index in [9.17, 15) is 8.78 Å². The van der Waals surface area contributed by atoms with Gasteiger partial charge in [0, 0.05) is 10.4 Å². The van der Waals surface area contributed by atoms with E-state index in [0.29, 0.717) is 5.82 Å². The number of nitrogens with zero attached hydrogens (tertiary/aromatic N) is 2. The van der Waals surface area contributed by atoms with Gasteiger partial charge in [0.25, 0.3) is 0 Å². The van der Waals surface area contributed by atoms with E-state index >= 15 is 0 Å². The second kappa shape index (κ2) is 6.28. The van der Waals surface area contributed by atoms with Crippen LogP contribution < -0.4 is 5.32 Å². The van der Waals surface area contributed by atoms with Gasteiger partial charge in [-0.05, 0) is 55.7 Å². The molecule has 1 unspecified atom stereocenters. The van der Waals surface area contributed by atoms with E-state index in [0.717, 1.165) is 35.5 Å². The molecular formula is C18H15F2N3S. The second-order valence-electron chi connectivity index (χ2n) is 5.77. The quantitative estimate of drug-likeness (QED) is 0.682. The lowest BCUT2D eigenvalue weighted by atomic mass is 9.97. The monoisotopic (exact) mass is 343 g/mol. The Bertz CT molecular complexity index is 861. The Kier molecular flexibility index (Phi) is 3.98. The van der Waals surface area contributed by atoms with Gasteiger partial charge in [0.1, 0.15) is 16.6 Å². The molecule has 0 aliphatic heterocycles. The van der Waals surface area contributed by atoms with Gasteiger partial charge in [0.2, 0.25) is 5.95 Å². The fraction of sp³-hybridized carbons (Fsp3) is 0.222. The van der Waals surface area contributed by atoms with Gasteiger partial charge in [0.05, 0.1) is 11.7 Å². The third kappa shape index (κ3) is 3.01. The van der Waals surface area contributed by atoms with Crippen LogP contribution in [0.2, 0.25) is 0 Å². The van der Waals surface area contributed by atoms with E-state index < -0.39 is 5.95 Å². The molecule has 1 atom stereocenters. The molecule has 0 radical (unpaired) electrons. The van der Waals surface area contributed by atoms with E-state index in [2.05, 4.69) is 10.3 Å². The minimum Gasteiger partial charge on any atom is -0.362 e. The summed E-state index contributed by atoms with van der Waals surface area (Å²) in [5.41, 5.74) is 1.91. The molecule has 2 aromatic heterocycles. The van der Waals surface area contributed by atoms with Crippen molar-refractivity contribution in [1.82, 2.24) is 9.97 Å². The lowest BCUT2D eigenvalue weighted by Gasteiger charge is -2.22. The van der Waals surface area contributed by atoms with Crippen LogP contribution in [-0.2, 0) is 6.42 Å². The molecule has 1 N–H and O–H groups in total. The van der Waals surface area contributed by atoms with Crippen LogP contribution in [-0.4, -0.2) is 9.97 Å². The first kappa shape index (κ1) is 15.2. The number of halogens is 2. The highest BCUT2D eigenvalue weighted by atomic mass is 32.1. The first-order valence-corrected chi connectivity index (χ1v) is 8.65. The molecule has 1 aliphatic carbocycles. The predicted octanol–water partition coefficient (Wildman–Crippen LogP) is 4.97. The summed E-state index contributed by atoms with van der Waals surface area (Å²) in [6, 6.07) is 11.1. The summed E-state index contributed by atoms with van der Waals surface area (Å²) in [6.07, 6.45) is 2.96. The summed E-state index contributed by atoms with van der Waals surface area (Å²) in [5, 5.41) is 4.17.